The highest BCUT2D eigenvalue weighted by molar-refractivity contribution is 9.10. The number of halogens is 1. The molecule has 2 fully saturated rings. The molecule has 2 aromatic carbocycles. The SMILES string of the molecule is CO.O=C1CC(c2ccccc2OC2CCCC2)CN1Cc1ccc(Br)cc1. The van der Waals surface area contributed by atoms with E-state index in [2.05, 4.69) is 46.3 Å². The quantitative estimate of drug-likeness (QED) is 0.711. The van der Waals surface area contributed by atoms with Crippen molar-refractivity contribution in [2.75, 3.05) is 13.7 Å². The first-order valence-electron chi connectivity index (χ1n) is 9.91. The number of hydrogen-bond donors (Lipinski definition) is 1. The van der Waals surface area contributed by atoms with Gasteiger partial charge in [-0.2, -0.15) is 0 Å². The van der Waals surface area contributed by atoms with E-state index in [1.807, 2.05) is 23.1 Å². The third-order valence-electron chi connectivity index (χ3n) is 5.46. The van der Waals surface area contributed by atoms with Crippen LogP contribution in [-0.2, 0) is 11.3 Å². The summed E-state index contributed by atoms with van der Waals surface area (Å²) in [5.41, 5.74) is 2.35. The topological polar surface area (TPSA) is 49.8 Å². The van der Waals surface area contributed by atoms with Gasteiger partial charge < -0.3 is 14.7 Å². The van der Waals surface area contributed by atoms with Gasteiger partial charge in [0.05, 0.1) is 6.10 Å². The summed E-state index contributed by atoms with van der Waals surface area (Å²) in [4.78, 5) is 14.5. The number of rotatable bonds is 5. The van der Waals surface area contributed by atoms with Crippen molar-refractivity contribution in [3.8, 4) is 5.75 Å². The van der Waals surface area contributed by atoms with Crippen LogP contribution in [0.5, 0.6) is 5.75 Å². The summed E-state index contributed by atoms with van der Waals surface area (Å²) < 4.78 is 7.35. The molecule has 1 unspecified atom stereocenters. The highest BCUT2D eigenvalue weighted by atomic mass is 79.9. The molecule has 5 heteroatoms. The molecule has 1 atom stereocenters. The Morgan fingerprint density at radius 1 is 1.07 bits per heavy atom. The van der Waals surface area contributed by atoms with Crippen molar-refractivity contribution >= 4 is 21.8 Å². The molecule has 1 aliphatic carbocycles. The summed E-state index contributed by atoms with van der Waals surface area (Å²) in [6, 6.07) is 16.5. The van der Waals surface area contributed by atoms with Crippen LogP contribution in [0.3, 0.4) is 0 Å². The fraction of sp³-hybridized carbons (Fsp3) is 0.435. The van der Waals surface area contributed by atoms with Gasteiger partial charge in [-0.05, 0) is 55.0 Å². The number of carbonyl (C=O) groups is 1. The molecule has 28 heavy (non-hydrogen) atoms. The molecular weight excluding hydrogens is 418 g/mol. The van der Waals surface area contributed by atoms with Crippen LogP contribution >= 0.6 is 15.9 Å². The van der Waals surface area contributed by atoms with Gasteiger partial charge in [-0.3, -0.25) is 4.79 Å². The molecule has 2 aromatic rings. The van der Waals surface area contributed by atoms with Crippen molar-refractivity contribution in [1.29, 1.82) is 0 Å². The molecule has 2 aliphatic rings. The van der Waals surface area contributed by atoms with Crippen molar-refractivity contribution in [3.05, 3.63) is 64.1 Å². The summed E-state index contributed by atoms with van der Waals surface area (Å²) in [6.07, 6.45) is 5.72. The van der Waals surface area contributed by atoms with Crippen LogP contribution in [0.25, 0.3) is 0 Å². The average Bonchev–Trinajstić information content (AvgIpc) is 3.36. The standard InChI is InChI=1S/C22H24BrNO2.CH4O/c23-18-11-9-16(10-12-18)14-24-15-17(13-22(24)25)20-7-3-4-8-21(20)26-19-5-1-2-6-19;1-2/h3-4,7-12,17,19H,1-2,5-6,13-15H2;2H,1H3. The minimum atomic E-state index is 0.218. The lowest BCUT2D eigenvalue weighted by Crippen LogP contribution is -2.24. The van der Waals surface area contributed by atoms with Crippen molar-refractivity contribution in [3.63, 3.8) is 0 Å². The fourth-order valence-corrected chi connectivity index (χ4v) is 4.32. The Morgan fingerprint density at radius 3 is 2.46 bits per heavy atom. The predicted octanol–water partition coefficient (Wildman–Crippen LogP) is 4.90. The molecule has 4 rings (SSSR count). The van der Waals surface area contributed by atoms with Gasteiger partial charge in [-0.15, -0.1) is 0 Å². The average molecular weight is 446 g/mol. The molecular formula is C23H28BrNO3. The van der Waals surface area contributed by atoms with Gasteiger partial charge in [0.1, 0.15) is 5.75 Å². The maximum atomic E-state index is 12.6. The number of carbonyl (C=O) groups excluding carboxylic acids is 1. The minimum Gasteiger partial charge on any atom is -0.490 e. The van der Waals surface area contributed by atoms with Gasteiger partial charge in [0.2, 0.25) is 5.91 Å². The summed E-state index contributed by atoms with van der Waals surface area (Å²) in [7, 11) is 1.00. The number of para-hydroxylation sites is 1. The largest absolute Gasteiger partial charge is 0.490 e. The number of likely N-dealkylation sites (tertiary alicyclic amines) is 1. The molecule has 1 amide bonds. The first-order chi connectivity index (χ1) is 13.7. The van der Waals surface area contributed by atoms with Crippen LogP contribution in [0.15, 0.2) is 53.0 Å². The van der Waals surface area contributed by atoms with Gasteiger partial charge in [-0.25, -0.2) is 0 Å². The molecule has 0 aromatic heterocycles. The number of hydrogen-bond acceptors (Lipinski definition) is 3. The van der Waals surface area contributed by atoms with E-state index in [1.165, 1.54) is 18.4 Å². The van der Waals surface area contributed by atoms with Crippen LogP contribution in [0, 0.1) is 0 Å². The van der Waals surface area contributed by atoms with E-state index in [0.717, 1.165) is 42.3 Å². The lowest BCUT2D eigenvalue weighted by molar-refractivity contribution is -0.128. The molecule has 1 N–H and O–H groups in total. The van der Waals surface area contributed by atoms with E-state index in [4.69, 9.17) is 9.84 Å². The third kappa shape index (κ3) is 5.15. The molecule has 1 aliphatic heterocycles. The maximum absolute atomic E-state index is 12.6. The molecule has 0 bridgehead atoms. The van der Waals surface area contributed by atoms with Crippen molar-refractivity contribution in [1.82, 2.24) is 4.90 Å². The normalized spacial score (nSPS) is 19.5. The van der Waals surface area contributed by atoms with E-state index < -0.39 is 0 Å². The van der Waals surface area contributed by atoms with E-state index in [0.29, 0.717) is 19.1 Å². The molecule has 1 saturated heterocycles. The number of ether oxygens (including phenoxy) is 1. The van der Waals surface area contributed by atoms with Gasteiger partial charge in [0.25, 0.3) is 0 Å². The lowest BCUT2D eigenvalue weighted by atomic mass is 9.97. The molecule has 4 nitrogen and oxygen atoms in total. The number of amides is 1. The van der Waals surface area contributed by atoms with Crippen molar-refractivity contribution < 1.29 is 14.6 Å². The van der Waals surface area contributed by atoms with Gasteiger partial charge in [-0.1, -0.05) is 46.3 Å². The Morgan fingerprint density at radius 2 is 1.75 bits per heavy atom. The Bertz CT molecular complexity index is 772. The minimum absolute atomic E-state index is 0.218. The lowest BCUT2D eigenvalue weighted by Gasteiger charge is -2.20. The zero-order chi connectivity index (χ0) is 19.9. The van der Waals surface area contributed by atoms with E-state index in [9.17, 15) is 4.79 Å². The Hall–Kier alpha value is -1.85. The van der Waals surface area contributed by atoms with Crippen molar-refractivity contribution in [2.45, 2.75) is 50.7 Å². The number of benzene rings is 2. The second-order valence-corrected chi connectivity index (χ2v) is 8.28. The molecule has 150 valence electrons. The first-order valence-corrected chi connectivity index (χ1v) is 10.7. The Balaban J connectivity index is 0.00000109. The van der Waals surface area contributed by atoms with E-state index in [1.54, 1.807) is 0 Å². The fourth-order valence-electron chi connectivity index (χ4n) is 4.05. The Kier molecular flexibility index (Phi) is 7.51. The van der Waals surface area contributed by atoms with E-state index in [-0.39, 0.29) is 11.8 Å². The van der Waals surface area contributed by atoms with Gasteiger partial charge >= 0.3 is 0 Å². The highest BCUT2D eigenvalue weighted by Gasteiger charge is 2.32. The Labute approximate surface area is 175 Å². The van der Waals surface area contributed by atoms with Crippen LogP contribution in [-0.4, -0.2) is 35.7 Å². The maximum Gasteiger partial charge on any atom is 0.223 e. The zero-order valence-corrected chi connectivity index (χ0v) is 17.9. The molecule has 0 spiro atoms. The van der Waals surface area contributed by atoms with Gasteiger partial charge in [0, 0.05) is 37.0 Å². The molecule has 1 heterocycles. The first kappa shape index (κ1) is 20.9. The predicted molar refractivity (Wildman–Crippen MR) is 114 cm³/mol. The monoisotopic (exact) mass is 445 g/mol. The smallest absolute Gasteiger partial charge is 0.223 e. The van der Waals surface area contributed by atoms with Crippen molar-refractivity contribution in [2.24, 2.45) is 0 Å². The van der Waals surface area contributed by atoms with E-state index >= 15 is 0 Å². The number of nitrogens with zero attached hydrogens (tertiary/aromatic N) is 1. The molecule has 1 saturated carbocycles. The second kappa shape index (κ2) is 10.1. The number of aliphatic hydroxyl groups excluding tert-OH is 1. The summed E-state index contributed by atoms with van der Waals surface area (Å²) in [5.74, 6) is 1.42. The summed E-state index contributed by atoms with van der Waals surface area (Å²) in [6.45, 7) is 1.44. The summed E-state index contributed by atoms with van der Waals surface area (Å²) in [5, 5.41) is 7.00. The second-order valence-electron chi connectivity index (χ2n) is 7.36. The third-order valence-corrected chi connectivity index (χ3v) is 5.98. The van der Waals surface area contributed by atoms with Crippen LogP contribution in [0.4, 0.5) is 0 Å². The van der Waals surface area contributed by atoms with Gasteiger partial charge in [0.15, 0.2) is 0 Å². The molecule has 0 radical (unpaired) electrons. The zero-order valence-electron chi connectivity index (χ0n) is 16.3. The van der Waals surface area contributed by atoms with Crippen LogP contribution in [0.1, 0.15) is 49.1 Å². The summed E-state index contributed by atoms with van der Waals surface area (Å²) >= 11 is 3.46. The number of aliphatic hydroxyl groups is 1. The highest BCUT2D eigenvalue weighted by Crippen LogP contribution is 2.36. The van der Waals surface area contributed by atoms with Crippen LogP contribution in [0.2, 0.25) is 0 Å². The van der Waals surface area contributed by atoms with Crippen LogP contribution < -0.4 is 4.74 Å².